The molecule has 0 rings (SSSR count). The molecule has 0 radical (unpaired) electrons. The van der Waals surface area contributed by atoms with Crippen molar-refractivity contribution in [2.24, 2.45) is 5.41 Å². The highest BCUT2D eigenvalue weighted by molar-refractivity contribution is 7.89. The minimum Gasteiger partial charge on any atom is -0.481 e. The first-order valence-electron chi connectivity index (χ1n) is 5.77. The quantitative estimate of drug-likeness (QED) is 0.732. The van der Waals surface area contributed by atoms with Gasteiger partial charge in [0, 0.05) is 6.04 Å². The van der Waals surface area contributed by atoms with Crippen molar-refractivity contribution in [2.75, 3.05) is 5.75 Å². The summed E-state index contributed by atoms with van der Waals surface area (Å²) in [6.45, 7) is 7.64. The zero-order chi connectivity index (χ0) is 13.7. The number of rotatable bonds is 7. The number of aliphatic carboxylic acids is 1. The van der Waals surface area contributed by atoms with E-state index >= 15 is 0 Å². The second kappa shape index (κ2) is 6.35. The van der Waals surface area contributed by atoms with Crippen LogP contribution in [0.15, 0.2) is 0 Å². The van der Waals surface area contributed by atoms with Crippen molar-refractivity contribution in [1.82, 2.24) is 4.72 Å². The lowest BCUT2D eigenvalue weighted by Crippen LogP contribution is -2.40. The number of carbonyl (C=O) groups is 1. The lowest BCUT2D eigenvalue weighted by atomic mass is 9.87. The third-order valence-electron chi connectivity index (χ3n) is 2.10. The third kappa shape index (κ3) is 9.12. The summed E-state index contributed by atoms with van der Waals surface area (Å²) >= 11 is 0. The molecule has 0 saturated carbocycles. The number of sulfonamides is 1. The molecule has 0 heterocycles. The van der Waals surface area contributed by atoms with Crippen LogP contribution in [0.4, 0.5) is 0 Å². The van der Waals surface area contributed by atoms with Gasteiger partial charge in [0.05, 0.1) is 12.2 Å². The standard InChI is InChI=1S/C11H23NO4S/c1-5-6-17(15,16)12-9(7-10(13)14)8-11(2,3)4/h9,12H,5-8H2,1-4H3,(H,13,14). The minimum absolute atomic E-state index is 0.0350. The van der Waals surface area contributed by atoms with E-state index in [0.717, 1.165) is 0 Å². The Balaban J connectivity index is 4.65. The molecule has 0 aliphatic heterocycles. The van der Waals surface area contributed by atoms with E-state index in [1.54, 1.807) is 6.92 Å². The number of hydrogen-bond acceptors (Lipinski definition) is 3. The van der Waals surface area contributed by atoms with Gasteiger partial charge in [0.15, 0.2) is 0 Å². The van der Waals surface area contributed by atoms with Crippen LogP contribution in [0, 0.1) is 5.41 Å². The zero-order valence-electron chi connectivity index (χ0n) is 11.0. The van der Waals surface area contributed by atoms with Crippen LogP contribution in [0.5, 0.6) is 0 Å². The van der Waals surface area contributed by atoms with Gasteiger partial charge in [0.2, 0.25) is 10.0 Å². The summed E-state index contributed by atoms with van der Waals surface area (Å²) in [6.07, 6.45) is 0.840. The number of carboxylic acids is 1. The summed E-state index contributed by atoms with van der Waals surface area (Å²) in [7, 11) is -3.36. The molecule has 5 nitrogen and oxygen atoms in total. The average Bonchev–Trinajstić information content (AvgIpc) is 1.96. The van der Waals surface area contributed by atoms with Crippen LogP contribution in [0.3, 0.4) is 0 Å². The molecule has 1 atom stereocenters. The number of carboxylic acid groups (broad SMARTS) is 1. The Hall–Kier alpha value is -0.620. The van der Waals surface area contributed by atoms with Crippen LogP contribution in [-0.4, -0.2) is 31.3 Å². The SMILES string of the molecule is CCCS(=O)(=O)NC(CC(=O)O)CC(C)(C)C. The Morgan fingerprint density at radius 1 is 1.35 bits per heavy atom. The van der Waals surface area contributed by atoms with E-state index in [1.807, 2.05) is 20.8 Å². The molecule has 17 heavy (non-hydrogen) atoms. The van der Waals surface area contributed by atoms with Crippen LogP contribution in [0.25, 0.3) is 0 Å². The maximum Gasteiger partial charge on any atom is 0.304 e. The predicted octanol–water partition coefficient (Wildman–Crippen LogP) is 1.60. The minimum atomic E-state index is -3.36. The molecular formula is C11H23NO4S. The van der Waals surface area contributed by atoms with E-state index in [1.165, 1.54) is 0 Å². The highest BCUT2D eigenvalue weighted by atomic mass is 32.2. The van der Waals surface area contributed by atoms with E-state index in [0.29, 0.717) is 12.8 Å². The Labute approximate surface area is 104 Å². The fraction of sp³-hybridized carbons (Fsp3) is 0.909. The molecule has 0 aliphatic carbocycles. The highest BCUT2D eigenvalue weighted by Gasteiger charge is 2.24. The first-order chi connectivity index (χ1) is 7.56. The molecular weight excluding hydrogens is 242 g/mol. The molecule has 1 unspecified atom stereocenters. The molecule has 0 aromatic carbocycles. The lowest BCUT2D eigenvalue weighted by molar-refractivity contribution is -0.137. The van der Waals surface area contributed by atoms with E-state index in [-0.39, 0.29) is 17.6 Å². The topological polar surface area (TPSA) is 83.5 Å². The van der Waals surface area contributed by atoms with Crippen molar-refractivity contribution in [3.05, 3.63) is 0 Å². The van der Waals surface area contributed by atoms with Crippen LogP contribution in [-0.2, 0) is 14.8 Å². The van der Waals surface area contributed by atoms with Crippen LogP contribution < -0.4 is 4.72 Å². The first-order valence-corrected chi connectivity index (χ1v) is 7.43. The summed E-state index contributed by atoms with van der Waals surface area (Å²) in [5.74, 6) is -0.953. The zero-order valence-corrected chi connectivity index (χ0v) is 11.8. The normalized spacial score (nSPS) is 14.6. The van der Waals surface area contributed by atoms with Crippen LogP contribution in [0.2, 0.25) is 0 Å². The fourth-order valence-electron chi connectivity index (χ4n) is 1.69. The van der Waals surface area contributed by atoms with Gasteiger partial charge >= 0.3 is 5.97 Å². The van der Waals surface area contributed by atoms with Gasteiger partial charge in [0.25, 0.3) is 0 Å². The van der Waals surface area contributed by atoms with Gasteiger partial charge in [-0.3, -0.25) is 4.79 Å². The molecule has 0 aliphatic rings. The Morgan fingerprint density at radius 3 is 2.24 bits per heavy atom. The van der Waals surface area contributed by atoms with Gasteiger partial charge in [-0.25, -0.2) is 13.1 Å². The lowest BCUT2D eigenvalue weighted by Gasteiger charge is -2.25. The molecule has 0 saturated heterocycles. The average molecular weight is 265 g/mol. The maximum atomic E-state index is 11.6. The van der Waals surface area contributed by atoms with Gasteiger partial charge in [-0.1, -0.05) is 27.7 Å². The van der Waals surface area contributed by atoms with Crippen molar-refractivity contribution in [3.8, 4) is 0 Å². The summed E-state index contributed by atoms with van der Waals surface area (Å²) < 4.78 is 25.7. The van der Waals surface area contributed by atoms with Gasteiger partial charge in [-0.2, -0.15) is 0 Å². The van der Waals surface area contributed by atoms with Crippen molar-refractivity contribution in [1.29, 1.82) is 0 Å². The van der Waals surface area contributed by atoms with Crippen molar-refractivity contribution < 1.29 is 18.3 Å². The van der Waals surface area contributed by atoms with Crippen molar-refractivity contribution >= 4 is 16.0 Å². The van der Waals surface area contributed by atoms with E-state index in [4.69, 9.17) is 5.11 Å². The van der Waals surface area contributed by atoms with Gasteiger partial charge < -0.3 is 5.11 Å². The van der Waals surface area contributed by atoms with Gasteiger partial charge in [-0.05, 0) is 18.3 Å². The van der Waals surface area contributed by atoms with Crippen LogP contribution >= 0.6 is 0 Å². The molecule has 0 bridgehead atoms. The largest absolute Gasteiger partial charge is 0.481 e. The molecule has 102 valence electrons. The van der Waals surface area contributed by atoms with E-state index < -0.39 is 22.0 Å². The second-order valence-electron chi connectivity index (χ2n) is 5.50. The fourth-order valence-corrected chi connectivity index (χ4v) is 3.02. The second-order valence-corrected chi connectivity index (χ2v) is 7.37. The van der Waals surface area contributed by atoms with E-state index in [2.05, 4.69) is 4.72 Å². The Kier molecular flexibility index (Phi) is 6.12. The first kappa shape index (κ1) is 16.4. The summed E-state index contributed by atoms with van der Waals surface area (Å²) in [6, 6.07) is -0.538. The van der Waals surface area contributed by atoms with E-state index in [9.17, 15) is 13.2 Å². The van der Waals surface area contributed by atoms with Gasteiger partial charge in [-0.15, -0.1) is 0 Å². The number of nitrogens with one attached hydrogen (secondary N) is 1. The molecule has 2 N–H and O–H groups in total. The summed E-state index contributed by atoms with van der Waals surface area (Å²) in [4.78, 5) is 10.7. The third-order valence-corrected chi connectivity index (χ3v) is 3.74. The number of hydrogen-bond donors (Lipinski definition) is 2. The molecule has 0 aromatic rings. The summed E-state index contributed by atoms with van der Waals surface area (Å²) in [5, 5.41) is 8.77. The van der Waals surface area contributed by atoms with Crippen LogP contribution in [0.1, 0.15) is 47.0 Å². The maximum absolute atomic E-state index is 11.6. The molecule has 0 aromatic heterocycles. The Bertz CT molecular complexity index is 343. The predicted molar refractivity (Wildman–Crippen MR) is 67.3 cm³/mol. The summed E-state index contributed by atoms with van der Waals surface area (Å²) in [5.41, 5.74) is -0.116. The molecule has 0 spiro atoms. The van der Waals surface area contributed by atoms with Crippen molar-refractivity contribution in [2.45, 2.75) is 53.0 Å². The highest BCUT2D eigenvalue weighted by Crippen LogP contribution is 2.22. The van der Waals surface area contributed by atoms with Gasteiger partial charge in [0.1, 0.15) is 0 Å². The van der Waals surface area contributed by atoms with Crippen molar-refractivity contribution in [3.63, 3.8) is 0 Å². The molecule has 0 fully saturated rings. The smallest absolute Gasteiger partial charge is 0.304 e. The Morgan fingerprint density at radius 2 is 1.88 bits per heavy atom. The molecule has 0 amide bonds. The monoisotopic (exact) mass is 265 g/mol. The molecule has 6 heteroatoms.